The number of alkyl halides is 3. The van der Waals surface area contributed by atoms with Crippen LogP contribution in [0.15, 0.2) is 12.2 Å². The Bertz CT molecular complexity index is 339. The standard InChI is InChI=1S/C11H15F3O3S/c1-4-7-10(18-6-3,9(16)17-5-2)8(15)11(12,13)14/h4,7H,5-6H2,1-3H3/b7-4+. The molecule has 0 saturated carbocycles. The minimum atomic E-state index is -5.09. The SMILES string of the molecule is C/C=C/C(SCC)(C(=O)OCC)C(=O)C(F)(F)F. The second-order valence-corrected chi connectivity index (χ2v) is 4.73. The van der Waals surface area contributed by atoms with Crippen LogP contribution in [0.2, 0.25) is 0 Å². The molecule has 0 aromatic carbocycles. The predicted molar refractivity (Wildman–Crippen MR) is 63.4 cm³/mol. The van der Waals surface area contributed by atoms with Crippen LogP contribution < -0.4 is 0 Å². The molecular formula is C11H15F3O3S. The molecule has 0 saturated heterocycles. The van der Waals surface area contributed by atoms with E-state index in [1.807, 2.05) is 0 Å². The second-order valence-electron chi connectivity index (χ2n) is 3.22. The lowest BCUT2D eigenvalue weighted by molar-refractivity contribution is -0.176. The number of hydrogen-bond donors (Lipinski definition) is 0. The van der Waals surface area contributed by atoms with Gasteiger partial charge in [0.1, 0.15) is 0 Å². The number of ketones is 1. The average molecular weight is 284 g/mol. The molecule has 0 aliphatic carbocycles. The molecule has 18 heavy (non-hydrogen) atoms. The lowest BCUT2D eigenvalue weighted by atomic mass is 10.0. The van der Waals surface area contributed by atoms with Crippen molar-refractivity contribution in [1.82, 2.24) is 0 Å². The van der Waals surface area contributed by atoms with Crippen molar-refractivity contribution < 1.29 is 27.5 Å². The summed E-state index contributed by atoms with van der Waals surface area (Å²) in [6, 6.07) is 0. The zero-order valence-electron chi connectivity index (χ0n) is 10.3. The minimum absolute atomic E-state index is 0.0897. The Labute approximate surface area is 108 Å². The largest absolute Gasteiger partial charge is 0.464 e. The van der Waals surface area contributed by atoms with Crippen LogP contribution in [0.5, 0.6) is 0 Å². The van der Waals surface area contributed by atoms with E-state index in [0.29, 0.717) is 11.8 Å². The number of hydrogen-bond acceptors (Lipinski definition) is 4. The van der Waals surface area contributed by atoms with Crippen molar-refractivity contribution in [3.05, 3.63) is 12.2 Å². The Hall–Kier alpha value is -0.980. The molecule has 7 heteroatoms. The van der Waals surface area contributed by atoms with E-state index in [1.54, 1.807) is 6.92 Å². The maximum atomic E-state index is 12.6. The Kier molecular flexibility index (Phi) is 6.45. The lowest BCUT2D eigenvalue weighted by Crippen LogP contribution is -2.50. The number of allylic oxidation sites excluding steroid dienone is 1. The molecule has 0 spiro atoms. The van der Waals surface area contributed by atoms with E-state index in [-0.39, 0.29) is 12.4 Å². The highest BCUT2D eigenvalue weighted by Gasteiger charge is 2.57. The van der Waals surface area contributed by atoms with Crippen molar-refractivity contribution in [2.24, 2.45) is 0 Å². The molecular weight excluding hydrogens is 269 g/mol. The average Bonchev–Trinajstić information content (AvgIpc) is 2.26. The molecule has 0 N–H and O–H groups in total. The Morgan fingerprint density at radius 2 is 1.83 bits per heavy atom. The van der Waals surface area contributed by atoms with Crippen molar-refractivity contribution >= 4 is 23.5 Å². The molecule has 1 unspecified atom stereocenters. The number of carbonyl (C=O) groups is 2. The van der Waals surface area contributed by atoms with Gasteiger partial charge in [0.15, 0.2) is 4.75 Å². The number of ether oxygens (including phenoxy) is 1. The van der Waals surface area contributed by atoms with Gasteiger partial charge in [-0.15, -0.1) is 11.8 Å². The fraction of sp³-hybridized carbons (Fsp3) is 0.636. The van der Waals surface area contributed by atoms with Crippen LogP contribution in [0, 0.1) is 0 Å². The highest BCUT2D eigenvalue weighted by atomic mass is 32.2. The molecule has 0 aliphatic rings. The summed E-state index contributed by atoms with van der Waals surface area (Å²) < 4.78 is 40.0. The van der Waals surface area contributed by atoms with Crippen LogP contribution in [0.25, 0.3) is 0 Å². The summed E-state index contributed by atoms with van der Waals surface area (Å²) in [5.41, 5.74) is 0. The third-order valence-corrected chi connectivity index (χ3v) is 3.18. The van der Waals surface area contributed by atoms with Gasteiger partial charge < -0.3 is 4.74 Å². The van der Waals surface area contributed by atoms with Crippen molar-refractivity contribution in [2.45, 2.75) is 31.7 Å². The highest BCUT2D eigenvalue weighted by Crippen LogP contribution is 2.36. The number of rotatable bonds is 6. The molecule has 1 atom stereocenters. The maximum Gasteiger partial charge on any atom is 0.452 e. The Morgan fingerprint density at radius 3 is 2.17 bits per heavy atom. The van der Waals surface area contributed by atoms with Crippen LogP contribution in [0.4, 0.5) is 13.2 Å². The molecule has 0 fully saturated rings. The van der Waals surface area contributed by atoms with E-state index in [4.69, 9.17) is 0 Å². The van der Waals surface area contributed by atoms with Gasteiger partial charge in [-0.05, 0) is 19.6 Å². The van der Waals surface area contributed by atoms with E-state index < -0.39 is 22.7 Å². The third kappa shape index (κ3) is 3.76. The van der Waals surface area contributed by atoms with E-state index in [1.165, 1.54) is 19.9 Å². The van der Waals surface area contributed by atoms with Crippen LogP contribution in [0.3, 0.4) is 0 Å². The first kappa shape index (κ1) is 17.0. The van der Waals surface area contributed by atoms with Crippen molar-refractivity contribution in [2.75, 3.05) is 12.4 Å². The molecule has 0 aromatic heterocycles. The Morgan fingerprint density at radius 1 is 1.28 bits per heavy atom. The summed E-state index contributed by atoms with van der Waals surface area (Å²) in [5, 5.41) is 0. The van der Waals surface area contributed by atoms with E-state index in [2.05, 4.69) is 4.74 Å². The monoisotopic (exact) mass is 284 g/mol. The Balaban J connectivity index is 5.62. The van der Waals surface area contributed by atoms with Crippen LogP contribution >= 0.6 is 11.8 Å². The van der Waals surface area contributed by atoms with Crippen LogP contribution in [-0.4, -0.2) is 35.0 Å². The normalized spacial score (nSPS) is 15.4. The zero-order chi connectivity index (χ0) is 14.4. The van der Waals surface area contributed by atoms with E-state index >= 15 is 0 Å². The smallest absolute Gasteiger partial charge is 0.452 e. The molecule has 0 amide bonds. The summed E-state index contributed by atoms with van der Waals surface area (Å²) in [5.74, 6) is -3.12. The third-order valence-electron chi connectivity index (χ3n) is 1.95. The van der Waals surface area contributed by atoms with Gasteiger partial charge in [0.05, 0.1) is 6.61 Å². The number of halogens is 3. The van der Waals surface area contributed by atoms with Gasteiger partial charge in [-0.2, -0.15) is 13.2 Å². The van der Waals surface area contributed by atoms with Gasteiger partial charge in [0.25, 0.3) is 5.78 Å². The number of Topliss-reactive ketones (excluding diaryl/α,β-unsaturated/α-hetero) is 1. The maximum absolute atomic E-state index is 12.6. The fourth-order valence-electron chi connectivity index (χ4n) is 1.32. The highest BCUT2D eigenvalue weighted by molar-refractivity contribution is 8.02. The summed E-state index contributed by atoms with van der Waals surface area (Å²) in [4.78, 5) is 23.2. The summed E-state index contributed by atoms with van der Waals surface area (Å²) in [6.07, 6.45) is -2.91. The summed E-state index contributed by atoms with van der Waals surface area (Å²) in [7, 11) is 0. The van der Waals surface area contributed by atoms with Crippen LogP contribution in [-0.2, 0) is 14.3 Å². The first-order valence-corrected chi connectivity index (χ1v) is 6.31. The number of carbonyl (C=O) groups excluding carboxylic acids is 2. The lowest BCUT2D eigenvalue weighted by Gasteiger charge is -2.26. The zero-order valence-corrected chi connectivity index (χ0v) is 11.2. The first-order chi connectivity index (χ1) is 8.26. The van der Waals surface area contributed by atoms with Crippen molar-refractivity contribution in [3.8, 4) is 0 Å². The van der Waals surface area contributed by atoms with E-state index in [0.717, 1.165) is 6.08 Å². The van der Waals surface area contributed by atoms with Gasteiger partial charge in [0.2, 0.25) is 0 Å². The quantitative estimate of drug-likeness (QED) is 0.427. The molecule has 104 valence electrons. The van der Waals surface area contributed by atoms with Gasteiger partial charge in [0, 0.05) is 0 Å². The minimum Gasteiger partial charge on any atom is -0.464 e. The molecule has 0 heterocycles. The fourth-order valence-corrected chi connectivity index (χ4v) is 2.43. The topological polar surface area (TPSA) is 43.4 Å². The first-order valence-electron chi connectivity index (χ1n) is 5.32. The molecule has 0 rings (SSSR count). The van der Waals surface area contributed by atoms with Crippen LogP contribution in [0.1, 0.15) is 20.8 Å². The van der Waals surface area contributed by atoms with Gasteiger partial charge in [-0.25, -0.2) is 4.79 Å². The van der Waals surface area contributed by atoms with Gasteiger partial charge in [-0.3, -0.25) is 4.79 Å². The molecule has 0 bridgehead atoms. The van der Waals surface area contributed by atoms with Gasteiger partial charge in [-0.1, -0.05) is 19.1 Å². The predicted octanol–water partition coefficient (Wildman–Crippen LogP) is 2.75. The molecule has 0 aliphatic heterocycles. The molecule has 0 radical (unpaired) electrons. The second kappa shape index (κ2) is 6.82. The van der Waals surface area contributed by atoms with Gasteiger partial charge >= 0.3 is 12.1 Å². The summed E-state index contributed by atoms with van der Waals surface area (Å²) >= 11 is 0.601. The molecule has 3 nitrogen and oxygen atoms in total. The van der Waals surface area contributed by atoms with Crippen molar-refractivity contribution in [3.63, 3.8) is 0 Å². The number of thioether (sulfide) groups is 1. The summed E-state index contributed by atoms with van der Waals surface area (Å²) in [6.45, 7) is 4.38. The number of esters is 1. The molecule has 0 aromatic rings. The van der Waals surface area contributed by atoms with E-state index in [9.17, 15) is 22.8 Å². The van der Waals surface area contributed by atoms with Crippen molar-refractivity contribution in [1.29, 1.82) is 0 Å².